The predicted octanol–water partition coefficient (Wildman–Crippen LogP) is 3.81. The van der Waals surface area contributed by atoms with Gasteiger partial charge in [0.15, 0.2) is 15.7 Å². The van der Waals surface area contributed by atoms with Crippen LogP contribution in [0.3, 0.4) is 0 Å². The molecule has 0 atom stereocenters. The Balaban J connectivity index is 1.31. The van der Waals surface area contributed by atoms with Gasteiger partial charge >= 0.3 is 0 Å². The van der Waals surface area contributed by atoms with E-state index in [0.29, 0.717) is 17.8 Å². The standard InChI is InChI=1S/C21H26ClFN4O2S/c1-30(28,29)20-3-2-18(12-19(20)22)26-8-4-15(5-9-26)16-6-10-27(11-7-16)21-24-13-17(23)14-25-21/h2-3,12-16H,4-11H2,1H3. The Morgan fingerprint density at radius 3 is 2.00 bits per heavy atom. The molecule has 0 aliphatic carbocycles. The number of rotatable bonds is 4. The first-order chi connectivity index (χ1) is 14.3. The molecule has 2 aromatic rings. The van der Waals surface area contributed by atoms with E-state index in [4.69, 9.17) is 11.6 Å². The van der Waals surface area contributed by atoms with E-state index in [1.54, 1.807) is 12.1 Å². The Hall–Kier alpha value is -1.93. The van der Waals surface area contributed by atoms with Crippen molar-refractivity contribution >= 4 is 33.1 Å². The highest BCUT2D eigenvalue weighted by Gasteiger charge is 2.30. The van der Waals surface area contributed by atoms with Crippen LogP contribution in [0.4, 0.5) is 16.0 Å². The molecule has 3 heterocycles. The molecule has 0 bridgehead atoms. The predicted molar refractivity (Wildman–Crippen MR) is 116 cm³/mol. The number of piperidine rings is 2. The van der Waals surface area contributed by atoms with Crippen molar-refractivity contribution in [2.45, 2.75) is 30.6 Å². The number of anilines is 2. The second-order valence-electron chi connectivity index (χ2n) is 8.24. The molecule has 0 unspecified atom stereocenters. The molecule has 2 saturated heterocycles. The fourth-order valence-corrected chi connectivity index (χ4v) is 5.98. The van der Waals surface area contributed by atoms with Gasteiger partial charge in [0.2, 0.25) is 5.95 Å². The lowest BCUT2D eigenvalue weighted by atomic mass is 9.79. The van der Waals surface area contributed by atoms with Crippen LogP contribution in [0.2, 0.25) is 5.02 Å². The number of sulfone groups is 1. The molecule has 2 aliphatic heterocycles. The van der Waals surface area contributed by atoms with Gasteiger partial charge in [-0.1, -0.05) is 11.6 Å². The maximum atomic E-state index is 13.0. The van der Waals surface area contributed by atoms with Gasteiger partial charge in [-0.15, -0.1) is 0 Å². The molecule has 162 valence electrons. The van der Waals surface area contributed by atoms with Crippen LogP contribution in [-0.4, -0.2) is 50.8 Å². The topological polar surface area (TPSA) is 66.4 Å². The molecule has 30 heavy (non-hydrogen) atoms. The minimum Gasteiger partial charge on any atom is -0.371 e. The van der Waals surface area contributed by atoms with E-state index >= 15 is 0 Å². The van der Waals surface area contributed by atoms with Crippen LogP contribution < -0.4 is 9.80 Å². The fraction of sp³-hybridized carbons (Fsp3) is 0.524. The van der Waals surface area contributed by atoms with Crippen molar-refractivity contribution in [1.29, 1.82) is 0 Å². The zero-order valence-corrected chi connectivity index (χ0v) is 18.5. The number of hydrogen-bond donors (Lipinski definition) is 0. The summed E-state index contributed by atoms with van der Waals surface area (Å²) in [6.07, 6.45) is 8.04. The molecular weight excluding hydrogens is 427 g/mol. The number of hydrogen-bond acceptors (Lipinski definition) is 6. The van der Waals surface area contributed by atoms with E-state index in [1.807, 2.05) is 6.07 Å². The number of aromatic nitrogens is 2. The normalized spacial score (nSPS) is 19.3. The van der Waals surface area contributed by atoms with Crippen molar-refractivity contribution in [3.05, 3.63) is 41.4 Å². The van der Waals surface area contributed by atoms with Crippen LogP contribution in [0, 0.1) is 17.7 Å². The van der Waals surface area contributed by atoms with Crippen molar-refractivity contribution in [1.82, 2.24) is 9.97 Å². The molecule has 2 aliphatic rings. The Kier molecular flexibility index (Phi) is 6.16. The zero-order valence-electron chi connectivity index (χ0n) is 17.0. The Bertz CT molecular complexity index is 987. The van der Waals surface area contributed by atoms with Crippen LogP contribution >= 0.6 is 11.6 Å². The molecule has 0 amide bonds. The van der Waals surface area contributed by atoms with Crippen molar-refractivity contribution < 1.29 is 12.8 Å². The molecule has 6 nitrogen and oxygen atoms in total. The molecule has 4 rings (SSSR count). The highest BCUT2D eigenvalue weighted by atomic mass is 35.5. The van der Waals surface area contributed by atoms with E-state index < -0.39 is 15.7 Å². The van der Waals surface area contributed by atoms with Crippen LogP contribution in [0.25, 0.3) is 0 Å². The van der Waals surface area contributed by atoms with Gasteiger partial charge in [-0.2, -0.15) is 0 Å². The molecule has 1 aromatic carbocycles. The van der Waals surface area contributed by atoms with E-state index in [0.717, 1.165) is 57.5 Å². The van der Waals surface area contributed by atoms with Gasteiger partial charge in [-0.05, 0) is 55.7 Å². The highest BCUT2D eigenvalue weighted by Crippen LogP contribution is 2.35. The number of halogens is 2. The third kappa shape index (κ3) is 4.70. The average Bonchev–Trinajstić information content (AvgIpc) is 2.74. The molecule has 0 radical (unpaired) electrons. The second kappa shape index (κ2) is 8.67. The van der Waals surface area contributed by atoms with Gasteiger partial charge in [0, 0.05) is 38.1 Å². The molecule has 0 spiro atoms. The minimum absolute atomic E-state index is 0.180. The number of nitrogens with zero attached hydrogens (tertiary/aromatic N) is 4. The van der Waals surface area contributed by atoms with Gasteiger partial charge in [0.05, 0.1) is 22.3 Å². The summed E-state index contributed by atoms with van der Waals surface area (Å²) in [6.45, 7) is 3.69. The first kappa shape index (κ1) is 21.3. The Morgan fingerprint density at radius 1 is 0.967 bits per heavy atom. The third-order valence-corrected chi connectivity index (χ3v) is 7.90. The largest absolute Gasteiger partial charge is 0.371 e. The maximum Gasteiger partial charge on any atom is 0.225 e. The summed E-state index contributed by atoms with van der Waals surface area (Å²) in [7, 11) is -3.31. The van der Waals surface area contributed by atoms with E-state index in [-0.39, 0.29) is 9.92 Å². The fourth-order valence-electron chi connectivity index (χ4n) is 4.66. The second-order valence-corrected chi connectivity index (χ2v) is 10.6. The molecule has 9 heteroatoms. The first-order valence-electron chi connectivity index (χ1n) is 10.3. The number of benzene rings is 1. The van der Waals surface area contributed by atoms with Gasteiger partial charge in [-0.25, -0.2) is 22.8 Å². The summed E-state index contributed by atoms with van der Waals surface area (Å²) in [5, 5.41) is 0.285. The smallest absolute Gasteiger partial charge is 0.225 e. The zero-order chi connectivity index (χ0) is 21.3. The average molecular weight is 453 g/mol. The summed E-state index contributed by atoms with van der Waals surface area (Å²) in [5.74, 6) is 1.56. The summed E-state index contributed by atoms with van der Waals surface area (Å²) in [5.41, 5.74) is 0.981. The lowest BCUT2D eigenvalue weighted by Gasteiger charge is -2.41. The van der Waals surface area contributed by atoms with E-state index in [1.165, 1.54) is 18.6 Å². The SMILES string of the molecule is CS(=O)(=O)c1ccc(N2CCC(C3CCN(c4ncc(F)cn4)CC3)CC2)cc1Cl. The third-order valence-electron chi connectivity index (χ3n) is 6.32. The van der Waals surface area contributed by atoms with Crippen molar-refractivity contribution in [2.75, 3.05) is 42.2 Å². The van der Waals surface area contributed by atoms with Gasteiger partial charge in [0.25, 0.3) is 0 Å². The lowest BCUT2D eigenvalue weighted by Crippen LogP contribution is -2.41. The molecule has 1 aromatic heterocycles. The quantitative estimate of drug-likeness (QED) is 0.702. The first-order valence-corrected chi connectivity index (χ1v) is 12.6. The van der Waals surface area contributed by atoms with E-state index in [2.05, 4.69) is 19.8 Å². The van der Waals surface area contributed by atoms with Crippen molar-refractivity contribution in [3.8, 4) is 0 Å². The van der Waals surface area contributed by atoms with Crippen LogP contribution in [0.5, 0.6) is 0 Å². The van der Waals surface area contributed by atoms with Crippen LogP contribution in [-0.2, 0) is 9.84 Å². The van der Waals surface area contributed by atoms with Crippen molar-refractivity contribution in [2.24, 2.45) is 11.8 Å². The Morgan fingerprint density at radius 2 is 1.50 bits per heavy atom. The Labute approximate surface area is 182 Å². The molecule has 0 saturated carbocycles. The van der Waals surface area contributed by atoms with Gasteiger partial charge in [-0.3, -0.25) is 0 Å². The lowest BCUT2D eigenvalue weighted by molar-refractivity contribution is 0.232. The minimum atomic E-state index is -3.31. The molecular formula is C21H26ClFN4O2S. The van der Waals surface area contributed by atoms with Gasteiger partial charge < -0.3 is 9.80 Å². The summed E-state index contributed by atoms with van der Waals surface area (Å²) < 4.78 is 36.5. The van der Waals surface area contributed by atoms with Gasteiger partial charge in [0.1, 0.15) is 0 Å². The summed E-state index contributed by atoms with van der Waals surface area (Å²) in [6, 6.07) is 5.22. The maximum absolute atomic E-state index is 13.0. The monoisotopic (exact) mass is 452 g/mol. The van der Waals surface area contributed by atoms with Crippen molar-refractivity contribution in [3.63, 3.8) is 0 Å². The van der Waals surface area contributed by atoms with Crippen LogP contribution in [0.15, 0.2) is 35.5 Å². The van der Waals surface area contributed by atoms with Crippen LogP contribution in [0.1, 0.15) is 25.7 Å². The molecule has 2 fully saturated rings. The summed E-state index contributed by atoms with van der Waals surface area (Å²) in [4.78, 5) is 12.8. The van der Waals surface area contributed by atoms with E-state index in [9.17, 15) is 12.8 Å². The molecule has 0 N–H and O–H groups in total. The highest BCUT2D eigenvalue weighted by molar-refractivity contribution is 7.90. The summed E-state index contributed by atoms with van der Waals surface area (Å²) >= 11 is 6.22.